The molecular formula is C17H16F3NO4. The van der Waals surface area contributed by atoms with E-state index >= 15 is 0 Å². The number of carbonyl (C=O) groups excluding carboxylic acids is 1. The molecule has 8 heteroatoms. The van der Waals surface area contributed by atoms with Crippen LogP contribution in [-0.4, -0.2) is 26.7 Å². The zero-order valence-corrected chi connectivity index (χ0v) is 13.5. The Hall–Kier alpha value is -2.90. The van der Waals surface area contributed by atoms with Gasteiger partial charge >= 0.3 is 6.18 Å². The number of benzene rings is 2. The van der Waals surface area contributed by atoms with Crippen LogP contribution in [0.5, 0.6) is 17.2 Å². The monoisotopic (exact) mass is 355 g/mol. The third-order valence-electron chi connectivity index (χ3n) is 3.17. The summed E-state index contributed by atoms with van der Waals surface area (Å²) in [7, 11) is 2.94. The average Bonchev–Trinajstić information content (AvgIpc) is 2.59. The molecule has 0 aliphatic rings. The van der Waals surface area contributed by atoms with Crippen molar-refractivity contribution in [3.8, 4) is 17.2 Å². The van der Waals surface area contributed by atoms with E-state index in [1.807, 2.05) is 0 Å². The predicted molar refractivity (Wildman–Crippen MR) is 85.1 cm³/mol. The van der Waals surface area contributed by atoms with Crippen molar-refractivity contribution in [2.45, 2.75) is 6.18 Å². The van der Waals surface area contributed by atoms with Gasteiger partial charge in [0.05, 0.1) is 19.8 Å². The van der Waals surface area contributed by atoms with E-state index in [1.165, 1.54) is 26.4 Å². The van der Waals surface area contributed by atoms with E-state index in [2.05, 4.69) is 5.32 Å². The summed E-state index contributed by atoms with van der Waals surface area (Å²) >= 11 is 0. The molecule has 0 unspecified atom stereocenters. The molecular weight excluding hydrogens is 339 g/mol. The number of nitrogens with one attached hydrogen (secondary N) is 1. The second kappa shape index (κ2) is 7.78. The number of amides is 1. The summed E-state index contributed by atoms with van der Waals surface area (Å²) in [4.78, 5) is 11.9. The van der Waals surface area contributed by atoms with Gasteiger partial charge in [0.2, 0.25) is 0 Å². The Labute approximate surface area is 142 Å². The van der Waals surface area contributed by atoms with E-state index in [1.54, 1.807) is 18.2 Å². The number of anilines is 1. The van der Waals surface area contributed by atoms with Crippen molar-refractivity contribution >= 4 is 11.6 Å². The molecule has 1 amide bonds. The highest BCUT2D eigenvalue weighted by Gasteiger charge is 2.30. The lowest BCUT2D eigenvalue weighted by molar-refractivity contribution is -0.137. The lowest BCUT2D eigenvalue weighted by Crippen LogP contribution is -2.20. The number of hydrogen-bond acceptors (Lipinski definition) is 4. The highest BCUT2D eigenvalue weighted by Crippen LogP contribution is 2.31. The third-order valence-corrected chi connectivity index (χ3v) is 3.17. The Morgan fingerprint density at radius 1 is 1.00 bits per heavy atom. The molecule has 1 N–H and O–H groups in total. The molecule has 0 aromatic heterocycles. The molecule has 0 bridgehead atoms. The highest BCUT2D eigenvalue weighted by atomic mass is 19.4. The van der Waals surface area contributed by atoms with Crippen LogP contribution in [0.3, 0.4) is 0 Å². The van der Waals surface area contributed by atoms with E-state index in [9.17, 15) is 18.0 Å². The van der Waals surface area contributed by atoms with E-state index in [0.717, 1.165) is 12.1 Å². The van der Waals surface area contributed by atoms with Gasteiger partial charge in [0, 0.05) is 23.9 Å². The highest BCUT2D eigenvalue weighted by molar-refractivity contribution is 5.92. The van der Waals surface area contributed by atoms with E-state index in [4.69, 9.17) is 14.2 Å². The summed E-state index contributed by atoms with van der Waals surface area (Å²) in [6.07, 6.45) is -4.47. The summed E-state index contributed by atoms with van der Waals surface area (Å²) in [6.45, 7) is -0.444. The number of methoxy groups -OCH3 is 2. The lowest BCUT2D eigenvalue weighted by Gasteiger charge is -2.12. The van der Waals surface area contributed by atoms with Crippen LogP contribution < -0.4 is 19.5 Å². The fourth-order valence-corrected chi connectivity index (χ4v) is 1.99. The van der Waals surface area contributed by atoms with Gasteiger partial charge in [-0.3, -0.25) is 4.79 Å². The van der Waals surface area contributed by atoms with Gasteiger partial charge in [-0.15, -0.1) is 0 Å². The van der Waals surface area contributed by atoms with E-state index < -0.39 is 24.3 Å². The van der Waals surface area contributed by atoms with Crippen LogP contribution >= 0.6 is 0 Å². The molecule has 134 valence electrons. The zero-order chi connectivity index (χ0) is 18.4. The van der Waals surface area contributed by atoms with Crippen LogP contribution in [0, 0.1) is 0 Å². The second-order valence-corrected chi connectivity index (χ2v) is 4.96. The lowest BCUT2D eigenvalue weighted by atomic mass is 10.2. The first-order valence-electron chi connectivity index (χ1n) is 7.15. The quantitative estimate of drug-likeness (QED) is 0.858. The van der Waals surface area contributed by atoms with Crippen molar-refractivity contribution in [2.24, 2.45) is 0 Å². The van der Waals surface area contributed by atoms with Crippen molar-refractivity contribution in [3.05, 3.63) is 48.0 Å². The summed E-state index contributed by atoms with van der Waals surface area (Å²) in [5.74, 6) is 0.378. The SMILES string of the molecule is COc1cc(NC(=O)COc2cccc(C(F)(F)F)c2)cc(OC)c1. The molecule has 0 aliphatic heterocycles. The first-order valence-corrected chi connectivity index (χ1v) is 7.15. The number of halogens is 3. The van der Waals surface area contributed by atoms with Crippen molar-refractivity contribution in [1.82, 2.24) is 0 Å². The minimum absolute atomic E-state index is 0.0480. The Morgan fingerprint density at radius 2 is 1.64 bits per heavy atom. The van der Waals surface area contributed by atoms with Gasteiger partial charge in [-0.2, -0.15) is 13.2 Å². The minimum atomic E-state index is -4.47. The molecule has 5 nitrogen and oxygen atoms in total. The Balaban J connectivity index is 1.99. The molecule has 0 saturated carbocycles. The summed E-state index contributed by atoms with van der Waals surface area (Å²) < 4.78 is 53.2. The van der Waals surface area contributed by atoms with Gasteiger partial charge in [-0.1, -0.05) is 6.07 Å². The molecule has 0 spiro atoms. The standard InChI is InChI=1S/C17H16F3NO4/c1-23-14-7-12(8-15(9-14)24-2)21-16(22)10-25-13-5-3-4-11(6-13)17(18,19)20/h3-9H,10H2,1-2H3,(H,21,22). The van der Waals surface area contributed by atoms with E-state index in [0.29, 0.717) is 17.2 Å². The second-order valence-electron chi connectivity index (χ2n) is 4.96. The maximum absolute atomic E-state index is 12.6. The number of alkyl halides is 3. The molecule has 2 rings (SSSR count). The van der Waals surface area contributed by atoms with Crippen LogP contribution in [0.25, 0.3) is 0 Å². The maximum atomic E-state index is 12.6. The fourth-order valence-electron chi connectivity index (χ4n) is 1.99. The Morgan fingerprint density at radius 3 is 2.20 bits per heavy atom. The van der Waals surface area contributed by atoms with Crippen molar-refractivity contribution in [3.63, 3.8) is 0 Å². The van der Waals surface area contributed by atoms with Crippen LogP contribution in [0.2, 0.25) is 0 Å². The topological polar surface area (TPSA) is 56.8 Å². The molecule has 0 radical (unpaired) electrons. The summed E-state index contributed by atoms with van der Waals surface area (Å²) in [5.41, 5.74) is -0.434. The first kappa shape index (κ1) is 18.4. The number of ether oxygens (including phenoxy) is 3. The fraction of sp³-hybridized carbons (Fsp3) is 0.235. The molecule has 2 aromatic carbocycles. The molecule has 0 fully saturated rings. The molecule has 0 atom stereocenters. The van der Waals surface area contributed by atoms with Crippen molar-refractivity contribution in [2.75, 3.05) is 26.1 Å². The first-order chi connectivity index (χ1) is 11.8. The van der Waals surface area contributed by atoms with Gasteiger partial charge in [-0.05, 0) is 18.2 Å². The average molecular weight is 355 g/mol. The molecule has 25 heavy (non-hydrogen) atoms. The Bertz CT molecular complexity index is 725. The van der Waals surface area contributed by atoms with Crippen molar-refractivity contribution < 1.29 is 32.2 Å². The molecule has 0 heterocycles. The Kier molecular flexibility index (Phi) is 5.74. The smallest absolute Gasteiger partial charge is 0.416 e. The molecule has 2 aromatic rings. The van der Waals surface area contributed by atoms with Crippen LogP contribution in [0.15, 0.2) is 42.5 Å². The third kappa shape index (κ3) is 5.30. The summed E-state index contributed by atoms with van der Waals surface area (Å²) in [6, 6.07) is 9.10. The largest absolute Gasteiger partial charge is 0.497 e. The van der Waals surface area contributed by atoms with Gasteiger partial charge in [0.1, 0.15) is 17.2 Å². The number of carbonyl (C=O) groups is 1. The normalized spacial score (nSPS) is 10.9. The van der Waals surface area contributed by atoms with Crippen LogP contribution in [0.1, 0.15) is 5.56 Å². The van der Waals surface area contributed by atoms with Gasteiger partial charge in [0.25, 0.3) is 5.91 Å². The maximum Gasteiger partial charge on any atom is 0.416 e. The van der Waals surface area contributed by atoms with Crippen LogP contribution in [0.4, 0.5) is 18.9 Å². The van der Waals surface area contributed by atoms with Crippen molar-refractivity contribution in [1.29, 1.82) is 0 Å². The minimum Gasteiger partial charge on any atom is -0.497 e. The zero-order valence-electron chi connectivity index (χ0n) is 13.5. The number of rotatable bonds is 6. The van der Waals surface area contributed by atoms with E-state index in [-0.39, 0.29) is 5.75 Å². The van der Waals surface area contributed by atoms with Crippen LogP contribution in [-0.2, 0) is 11.0 Å². The predicted octanol–water partition coefficient (Wildman–Crippen LogP) is 3.74. The molecule has 0 saturated heterocycles. The number of hydrogen-bond donors (Lipinski definition) is 1. The van der Waals surface area contributed by atoms with Gasteiger partial charge < -0.3 is 19.5 Å². The van der Waals surface area contributed by atoms with Gasteiger partial charge in [-0.25, -0.2) is 0 Å². The summed E-state index contributed by atoms with van der Waals surface area (Å²) in [5, 5.41) is 2.56. The van der Waals surface area contributed by atoms with Gasteiger partial charge in [0.15, 0.2) is 6.61 Å². The molecule has 0 aliphatic carbocycles.